The Morgan fingerprint density at radius 2 is 1.77 bits per heavy atom. The molecule has 0 spiro atoms. The highest BCUT2D eigenvalue weighted by Crippen LogP contribution is 2.35. The first-order valence-electron chi connectivity index (χ1n) is 10.7. The van der Waals surface area contributed by atoms with Crippen LogP contribution in [-0.4, -0.2) is 33.3 Å². The standard InChI is InChI=1S/C25H22FN5/c26-18-6-4-16(5-7-18)19-2-1-3-22-20(19)13-23(29-22)24-21-12-17(14-28-25(21)31-30-24)15-8-10-27-11-9-15/h1-7,12-15,27,29H,8-11H2,(H,28,30,31). The molecule has 154 valence electrons. The van der Waals surface area contributed by atoms with Crippen molar-refractivity contribution >= 4 is 21.9 Å². The molecular weight excluding hydrogens is 389 g/mol. The van der Waals surface area contributed by atoms with Crippen molar-refractivity contribution in [1.29, 1.82) is 0 Å². The quantitative estimate of drug-likeness (QED) is 0.373. The third-order valence-corrected chi connectivity index (χ3v) is 6.32. The van der Waals surface area contributed by atoms with Gasteiger partial charge in [0.25, 0.3) is 0 Å². The molecule has 31 heavy (non-hydrogen) atoms. The molecule has 0 aliphatic carbocycles. The molecule has 5 nitrogen and oxygen atoms in total. The topological polar surface area (TPSA) is 69.4 Å². The second-order valence-electron chi connectivity index (χ2n) is 8.22. The van der Waals surface area contributed by atoms with Gasteiger partial charge in [-0.2, -0.15) is 5.10 Å². The average Bonchev–Trinajstić information content (AvgIpc) is 3.43. The molecule has 1 saturated heterocycles. The van der Waals surface area contributed by atoms with Crippen molar-refractivity contribution in [2.45, 2.75) is 18.8 Å². The first kappa shape index (κ1) is 18.3. The highest BCUT2D eigenvalue weighted by atomic mass is 19.1. The van der Waals surface area contributed by atoms with Crippen LogP contribution in [0.15, 0.2) is 60.8 Å². The zero-order valence-corrected chi connectivity index (χ0v) is 17.0. The number of H-pyrrole nitrogens is 2. The van der Waals surface area contributed by atoms with E-state index in [1.165, 1.54) is 17.7 Å². The molecule has 3 N–H and O–H groups in total. The summed E-state index contributed by atoms with van der Waals surface area (Å²) >= 11 is 0. The SMILES string of the molecule is Fc1ccc(-c2cccc3[nH]c(-c4n[nH]c5ncc(C6CCNCC6)cc45)cc23)cc1. The first-order valence-corrected chi connectivity index (χ1v) is 10.7. The molecule has 1 aliphatic rings. The number of fused-ring (bicyclic) bond motifs is 2. The van der Waals surface area contributed by atoms with E-state index in [-0.39, 0.29) is 5.82 Å². The lowest BCUT2D eigenvalue weighted by Gasteiger charge is -2.22. The largest absolute Gasteiger partial charge is 0.353 e. The van der Waals surface area contributed by atoms with Gasteiger partial charge in [-0.25, -0.2) is 9.37 Å². The summed E-state index contributed by atoms with van der Waals surface area (Å²) in [7, 11) is 0. The summed E-state index contributed by atoms with van der Waals surface area (Å²) in [5.74, 6) is 0.305. The monoisotopic (exact) mass is 411 g/mol. The first-order chi connectivity index (χ1) is 15.3. The van der Waals surface area contributed by atoms with Crippen molar-refractivity contribution in [3.8, 4) is 22.5 Å². The number of aromatic nitrogens is 4. The van der Waals surface area contributed by atoms with Gasteiger partial charge in [0.1, 0.15) is 11.5 Å². The van der Waals surface area contributed by atoms with Crippen molar-refractivity contribution in [3.05, 3.63) is 72.2 Å². The van der Waals surface area contributed by atoms with Crippen molar-refractivity contribution in [2.75, 3.05) is 13.1 Å². The maximum atomic E-state index is 13.4. The van der Waals surface area contributed by atoms with Crippen LogP contribution in [-0.2, 0) is 0 Å². The summed E-state index contributed by atoms with van der Waals surface area (Å²) in [6, 6.07) is 17.1. The number of pyridine rings is 1. The molecule has 0 unspecified atom stereocenters. The minimum atomic E-state index is -0.231. The lowest BCUT2D eigenvalue weighted by molar-refractivity contribution is 0.460. The van der Waals surface area contributed by atoms with Gasteiger partial charge in [0.15, 0.2) is 5.65 Å². The van der Waals surface area contributed by atoms with E-state index in [2.05, 4.69) is 49.7 Å². The summed E-state index contributed by atoms with van der Waals surface area (Å²) in [6.45, 7) is 2.10. The summed E-state index contributed by atoms with van der Waals surface area (Å²) < 4.78 is 13.4. The Kier molecular flexibility index (Phi) is 4.32. The number of nitrogens with one attached hydrogen (secondary N) is 3. The molecule has 6 heteroatoms. The van der Waals surface area contributed by atoms with Crippen molar-refractivity contribution in [1.82, 2.24) is 25.5 Å². The van der Waals surface area contributed by atoms with Gasteiger partial charge in [0, 0.05) is 22.5 Å². The summed E-state index contributed by atoms with van der Waals surface area (Å²) in [5.41, 5.74) is 6.97. The molecule has 1 aliphatic heterocycles. The van der Waals surface area contributed by atoms with Crippen LogP contribution in [0.1, 0.15) is 24.3 Å². The fourth-order valence-corrected chi connectivity index (χ4v) is 4.67. The van der Waals surface area contributed by atoms with Crippen LogP contribution < -0.4 is 5.32 Å². The molecular formula is C25H22FN5. The minimum Gasteiger partial charge on any atom is -0.353 e. The van der Waals surface area contributed by atoms with Crippen molar-refractivity contribution in [2.24, 2.45) is 0 Å². The Morgan fingerprint density at radius 1 is 0.935 bits per heavy atom. The second kappa shape index (κ2) is 7.32. The Balaban J connectivity index is 1.46. The number of benzene rings is 2. The number of halogens is 1. The number of aromatic amines is 2. The third-order valence-electron chi connectivity index (χ3n) is 6.32. The highest BCUT2D eigenvalue weighted by molar-refractivity contribution is 6.00. The molecule has 2 aromatic carbocycles. The Bertz CT molecular complexity index is 1380. The van der Waals surface area contributed by atoms with E-state index in [0.29, 0.717) is 5.92 Å². The number of nitrogens with zero attached hydrogens (tertiary/aromatic N) is 2. The van der Waals surface area contributed by atoms with Gasteiger partial charge in [-0.15, -0.1) is 0 Å². The van der Waals surface area contributed by atoms with E-state index in [1.54, 1.807) is 0 Å². The third kappa shape index (κ3) is 3.20. The average molecular weight is 411 g/mol. The molecule has 0 atom stereocenters. The summed E-state index contributed by atoms with van der Waals surface area (Å²) in [6.07, 6.45) is 4.25. The van der Waals surface area contributed by atoms with Gasteiger partial charge in [0.2, 0.25) is 0 Å². The molecule has 6 rings (SSSR count). The van der Waals surface area contributed by atoms with E-state index >= 15 is 0 Å². The maximum absolute atomic E-state index is 13.4. The number of rotatable bonds is 3. The van der Waals surface area contributed by atoms with E-state index in [0.717, 1.165) is 70.4 Å². The van der Waals surface area contributed by atoms with E-state index < -0.39 is 0 Å². The number of hydrogen-bond donors (Lipinski definition) is 3. The predicted octanol–water partition coefficient (Wildman–Crippen LogP) is 5.38. The van der Waals surface area contributed by atoms with Crippen LogP contribution in [0.3, 0.4) is 0 Å². The van der Waals surface area contributed by atoms with Crippen molar-refractivity contribution in [3.63, 3.8) is 0 Å². The lowest BCUT2D eigenvalue weighted by Crippen LogP contribution is -2.26. The maximum Gasteiger partial charge on any atom is 0.155 e. The fraction of sp³-hybridized carbons (Fsp3) is 0.200. The molecule has 0 radical (unpaired) electrons. The molecule has 0 saturated carbocycles. The Morgan fingerprint density at radius 3 is 2.61 bits per heavy atom. The van der Waals surface area contributed by atoms with E-state index in [1.807, 2.05) is 24.4 Å². The van der Waals surface area contributed by atoms with E-state index in [4.69, 9.17) is 0 Å². The van der Waals surface area contributed by atoms with Gasteiger partial charge in [0.05, 0.1) is 5.69 Å². The molecule has 5 aromatic rings. The van der Waals surface area contributed by atoms with E-state index in [9.17, 15) is 4.39 Å². The smallest absolute Gasteiger partial charge is 0.155 e. The van der Waals surface area contributed by atoms with Gasteiger partial charge in [-0.3, -0.25) is 5.10 Å². The van der Waals surface area contributed by atoms with Crippen LogP contribution in [0.4, 0.5) is 4.39 Å². The Hall–Kier alpha value is -3.51. The van der Waals surface area contributed by atoms with Crippen LogP contribution in [0.2, 0.25) is 0 Å². The van der Waals surface area contributed by atoms with Gasteiger partial charge in [-0.05, 0) is 78.9 Å². The molecule has 0 amide bonds. The fourth-order valence-electron chi connectivity index (χ4n) is 4.67. The summed E-state index contributed by atoms with van der Waals surface area (Å²) in [4.78, 5) is 8.16. The number of hydrogen-bond acceptors (Lipinski definition) is 3. The normalized spacial score (nSPS) is 15.1. The van der Waals surface area contributed by atoms with Crippen LogP contribution in [0.5, 0.6) is 0 Å². The highest BCUT2D eigenvalue weighted by Gasteiger charge is 2.19. The summed E-state index contributed by atoms with van der Waals surface area (Å²) in [5, 5.41) is 13.2. The lowest BCUT2D eigenvalue weighted by atomic mass is 9.91. The predicted molar refractivity (Wildman–Crippen MR) is 121 cm³/mol. The number of piperidine rings is 1. The van der Waals surface area contributed by atoms with Gasteiger partial charge >= 0.3 is 0 Å². The zero-order chi connectivity index (χ0) is 20.8. The van der Waals surface area contributed by atoms with Crippen LogP contribution in [0, 0.1) is 5.82 Å². The Labute approximate surface area is 178 Å². The van der Waals surface area contributed by atoms with Crippen LogP contribution >= 0.6 is 0 Å². The van der Waals surface area contributed by atoms with Crippen LogP contribution in [0.25, 0.3) is 44.5 Å². The second-order valence-corrected chi connectivity index (χ2v) is 8.22. The minimum absolute atomic E-state index is 0.231. The van der Waals surface area contributed by atoms with Gasteiger partial charge in [-0.1, -0.05) is 24.3 Å². The van der Waals surface area contributed by atoms with Gasteiger partial charge < -0.3 is 10.3 Å². The molecule has 3 aromatic heterocycles. The molecule has 0 bridgehead atoms. The van der Waals surface area contributed by atoms with Crippen molar-refractivity contribution < 1.29 is 4.39 Å². The molecule has 1 fully saturated rings. The zero-order valence-electron chi connectivity index (χ0n) is 17.0. The molecule has 4 heterocycles.